The summed E-state index contributed by atoms with van der Waals surface area (Å²) in [5.74, 6) is 1.21. The van der Waals surface area contributed by atoms with Crippen LogP contribution < -0.4 is 14.2 Å². The van der Waals surface area contributed by atoms with Crippen molar-refractivity contribution in [1.29, 1.82) is 0 Å². The highest BCUT2D eigenvalue weighted by molar-refractivity contribution is 5.97. The van der Waals surface area contributed by atoms with E-state index in [9.17, 15) is 4.79 Å². The van der Waals surface area contributed by atoms with Crippen LogP contribution in [0.4, 0.5) is 0 Å². The molecule has 146 valence electrons. The van der Waals surface area contributed by atoms with Gasteiger partial charge in [0, 0.05) is 37.5 Å². The summed E-state index contributed by atoms with van der Waals surface area (Å²) in [6.45, 7) is 0.406. The van der Waals surface area contributed by atoms with Crippen LogP contribution >= 0.6 is 0 Å². The molecule has 0 N–H and O–H groups in total. The minimum Gasteiger partial charge on any atom is -0.496 e. The van der Waals surface area contributed by atoms with Crippen LogP contribution in [-0.4, -0.2) is 49.0 Å². The Morgan fingerprint density at radius 2 is 1.64 bits per heavy atom. The molecule has 2 aromatic carbocycles. The molecule has 3 rings (SSSR count). The maximum Gasteiger partial charge on any atom is 0.257 e. The Kier molecular flexibility index (Phi) is 5.84. The number of carbonyl (C=O) groups excluding carboxylic acids is 1. The average molecular weight is 381 g/mol. The zero-order valence-corrected chi connectivity index (χ0v) is 16.4. The fourth-order valence-electron chi connectivity index (χ4n) is 2.91. The van der Waals surface area contributed by atoms with Crippen molar-refractivity contribution >= 4 is 5.91 Å². The van der Waals surface area contributed by atoms with Gasteiger partial charge in [-0.3, -0.25) is 4.79 Å². The van der Waals surface area contributed by atoms with E-state index in [1.807, 2.05) is 36.5 Å². The number of aromatic nitrogens is 2. The summed E-state index contributed by atoms with van der Waals surface area (Å²) in [7, 11) is 6.32. The first kappa shape index (κ1) is 19.3. The van der Waals surface area contributed by atoms with Crippen molar-refractivity contribution < 1.29 is 19.0 Å². The van der Waals surface area contributed by atoms with Crippen molar-refractivity contribution in [3.05, 3.63) is 66.0 Å². The molecule has 0 aliphatic carbocycles. The maximum atomic E-state index is 13.0. The number of ether oxygens (including phenoxy) is 3. The Morgan fingerprint density at radius 1 is 1.00 bits per heavy atom. The summed E-state index contributed by atoms with van der Waals surface area (Å²) >= 11 is 0. The van der Waals surface area contributed by atoms with Crippen LogP contribution in [0.2, 0.25) is 0 Å². The normalized spacial score (nSPS) is 10.4. The lowest BCUT2D eigenvalue weighted by Gasteiger charge is -2.19. The van der Waals surface area contributed by atoms with Crippen molar-refractivity contribution in [3.63, 3.8) is 0 Å². The van der Waals surface area contributed by atoms with E-state index >= 15 is 0 Å². The summed E-state index contributed by atoms with van der Waals surface area (Å²) in [5, 5.41) is 4.37. The van der Waals surface area contributed by atoms with E-state index in [2.05, 4.69) is 5.10 Å². The number of para-hydroxylation sites is 1. The third-order valence-electron chi connectivity index (χ3n) is 4.36. The molecule has 0 saturated carbocycles. The number of rotatable bonds is 7. The second kappa shape index (κ2) is 8.47. The zero-order valence-electron chi connectivity index (χ0n) is 16.4. The first-order chi connectivity index (χ1) is 13.6. The molecule has 0 fully saturated rings. The molecule has 1 amide bonds. The minimum atomic E-state index is -0.190. The van der Waals surface area contributed by atoms with Gasteiger partial charge in [0.1, 0.15) is 5.75 Å². The van der Waals surface area contributed by atoms with E-state index < -0.39 is 0 Å². The number of nitrogens with zero attached hydrogens (tertiary/aromatic N) is 3. The van der Waals surface area contributed by atoms with Gasteiger partial charge in [0.15, 0.2) is 11.5 Å². The second-order valence-corrected chi connectivity index (χ2v) is 6.20. The first-order valence-corrected chi connectivity index (χ1v) is 8.71. The van der Waals surface area contributed by atoms with Crippen LogP contribution in [0.5, 0.6) is 17.2 Å². The Morgan fingerprint density at radius 3 is 2.29 bits per heavy atom. The summed E-state index contributed by atoms with van der Waals surface area (Å²) in [6, 6.07) is 13.1. The molecular formula is C21H23N3O4. The third-order valence-corrected chi connectivity index (χ3v) is 4.36. The molecule has 0 saturated heterocycles. The topological polar surface area (TPSA) is 65.8 Å². The lowest BCUT2D eigenvalue weighted by Crippen LogP contribution is -2.26. The van der Waals surface area contributed by atoms with Crippen LogP contribution in [0.1, 0.15) is 15.9 Å². The second-order valence-electron chi connectivity index (χ2n) is 6.20. The van der Waals surface area contributed by atoms with Crippen molar-refractivity contribution in [3.8, 4) is 22.9 Å². The molecule has 28 heavy (non-hydrogen) atoms. The average Bonchev–Trinajstić information content (AvgIpc) is 3.21. The van der Waals surface area contributed by atoms with Gasteiger partial charge in [-0.05, 0) is 12.1 Å². The van der Waals surface area contributed by atoms with Crippen molar-refractivity contribution in [1.82, 2.24) is 14.7 Å². The molecule has 0 bridgehead atoms. The van der Waals surface area contributed by atoms with Gasteiger partial charge >= 0.3 is 0 Å². The van der Waals surface area contributed by atoms with Gasteiger partial charge < -0.3 is 19.1 Å². The number of hydrogen-bond donors (Lipinski definition) is 0. The number of hydrogen-bond acceptors (Lipinski definition) is 5. The Labute approximate surface area is 164 Å². The van der Waals surface area contributed by atoms with Gasteiger partial charge in [0.25, 0.3) is 5.91 Å². The van der Waals surface area contributed by atoms with Gasteiger partial charge in [0.2, 0.25) is 0 Å². The van der Waals surface area contributed by atoms with Gasteiger partial charge in [0.05, 0.1) is 38.8 Å². The minimum absolute atomic E-state index is 0.190. The molecule has 0 spiro atoms. The maximum absolute atomic E-state index is 13.0. The molecule has 0 aliphatic heterocycles. The molecule has 0 unspecified atom stereocenters. The fourth-order valence-corrected chi connectivity index (χ4v) is 2.91. The molecule has 7 heteroatoms. The van der Waals surface area contributed by atoms with Crippen LogP contribution in [-0.2, 0) is 6.54 Å². The lowest BCUT2D eigenvalue weighted by molar-refractivity contribution is 0.0781. The van der Waals surface area contributed by atoms with Crippen LogP contribution in [0, 0.1) is 0 Å². The van der Waals surface area contributed by atoms with E-state index in [0.29, 0.717) is 29.4 Å². The summed E-state index contributed by atoms with van der Waals surface area (Å²) in [4.78, 5) is 14.6. The quantitative estimate of drug-likeness (QED) is 0.629. The lowest BCUT2D eigenvalue weighted by atomic mass is 10.1. The molecule has 7 nitrogen and oxygen atoms in total. The SMILES string of the molecule is COc1cc(OC)c(C(=O)N(C)Cc2cnn(-c3ccccc3)c2)cc1OC. The molecular weight excluding hydrogens is 358 g/mol. The number of amides is 1. The van der Waals surface area contributed by atoms with Gasteiger partial charge in [-0.1, -0.05) is 18.2 Å². The standard InChI is InChI=1S/C21H23N3O4/c1-23(13-15-12-22-24(14-15)16-8-6-5-7-9-16)21(25)17-10-19(27-3)20(28-4)11-18(17)26-2/h5-12,14H,13H2,1-4H3. The summed E-state index contributed by atoms with van der Waals surface area (Å²) < 4.78 is 17.7. The van der Waals surface area contributed by atoms with Crippen LogP contribution in [0.3, 0.4) is 0 Å². The molecule has 1 heterocycles. The number of methoxy groups -OCH3 is 3. The highest BCUT2D eigenvalue weighted by Crippen LogP contribution is 2.35. The number of carbonyl (C=O) groups is 1. The van der Waals surface area contributed by atoms with E-state index in [0.717, 1.165) is 11.3 Å². The molecule has 0 radical (unpaired) electrons. The van der Waals surface area contributed by atoms with Crippen molar-refractivity contribution in [2.75, 3.05) is 28.4 Å². The van der Waals surface area contributed by atoms with Crippen molar-refractivity contribution in [2.45, 2.75) is 6.54 Å². The van der Waals surface area contributed by atoms with E-state index in [4.69, 9.17) is 14.2 Å². The molecule has 0 aliphatic rings. The fraction of sp³-hybridized carbons (Fsp3) is 0.238. The van der Waals surface area contributed by atoms with Gasteiger partial charge in [-0.15, -0.1) is 0 Å². The predicted octanol–water partition coefficient (Wildman–Crippen LogP) is 3.17. The smallest absolute Gasteiger partial charge is 0.257 e. The van der Waals surface area contributed by atoms with Gasteiger partial charge in [-0.25, -0.2) is 4.68 Å². The van der Waals surface area contributed by atoms with E-state index in [-0.39, 0.29) is 5.91 Å². The monoisotopic (exact) mass is 381 g/mol. The van der Waals surface area contributed by atoms with E-state index in [1.54, 1.807) is 35.0 Å². The Balaban J connectivity index is 1.81. The molecule has 0 atom stereocenters. The summed E-state index contributed by atoms with van der Waals surface area (Å²) in [6.07, 6.45) is 3.66. The summed E-state index contributed by atoms with van der Waals surface area (Å²) in [5.41, 5.74) is 2.28. The first-order valence-electron chi connectivity index (χ1n) is 8.71. The predicted molar refractivity (Wildman–Crippen MR) is 105 cm³/mol. The number of benzene rings is 2. The molecule has 3 aromatic rings. The largest absolute Gasteiger partial charge is 0.496 e. The third kappa shape index (κ3) is 3.93. The highest BCUT2D eigenvalue weighted by Gasteiger charge is 2.21. The van der Waals surface area contributed by atoms with Crippen molar-refractivity contribution in [2.24, 2.45) is 0 Å². The van der Waals surface area contributed by atoms with Gasteiger partial charge in [-0.2, -0.15) is 5.10 Å². The highest BCUT2D eigenvalue weighted by atomic mass is 16.5. The Bertz CT molecular complexity index is 954. The Hall–Kier alpha value is -3.48. The molecule has 1 aromatic heterocycles. The van der Waals surface area contributed by atoms with E-state index in [1.165, 1.54) is 21.3 Å². The van der Waals surface area contributed by atoms with Crippen LogP contribution in [0.25, 0.3) is 5.69 Å². The zero-order chi connectivity index (χ0) is 20.1. The van der Waals surface area contributed by atoms with Crippen LogP contribution in [0.15, 0.2) is 54.9 Å².